The molecule has 0 aliphatic rings. The summed E-state index contributed by atoms with van der Waals surface area (Å²) < 4.78 is 58.8. The number of rotatable bonds is 13. The van der Waals surface area contributed by atoms with Gasteiger partial charge in [-0.15, -0.1) is 0 Å². The summed E-state index contributed by atoms with van der Waals surface area (Å²) in [6.07, 6.45) is 5.55. The minimum absolute atomic E-state index is 0.0611. The number of aromatic nitrogens is 6. The van der Waals surface area contributed by atoms with Crippen molar-refractivity contribution < 1.29 is 27.8 Å². The van der Waals surface area contributed by atoms with Crippen molar-refractivity contribution in [3.8, 4) is 0 Å². The minimum atomic E-state index is -1.69. The average molecular weight is 569 g/mol. The first kappa shape index (κ1) is 28.1. The van der Waals surface area contributed by atoms with Crippen LogP contribution in [0.1, 0.15) is 24.0 Å². The zero-order valence-electron chi connectivity index (χ0n) is 19.9. The van der Waals surface area contributed by atoms with Crippen LogP contribution in [0.15, 0.2) is 61.7 Å². The van der Waals surface area contributed by atoms with Gasteiger partial charge in [-0.25, -0.2) is 36.9 Å². The number of hydrogen-bond donors (Lipinski definition) is 2. The van der Waals surface area contributed by atoms with Gasteiger partial charge in [0.2, 0.25) is 0 Å². The van der Waals surface area contributed by atoms with Crippen LogP contribution in [0, 0.1) is 23.3 Å². The van der Waals surface area contributed by atoms with Crippen LogP contribution in [-0.2, 0) is 24.3 Å². The molecule has 0 radical (unpaired) electrons. The van der Waals surface area contributed by atoms with Crippen LogP contribution < -0.4 is 0 Å². The number of benzene rings is 2. The largest absolute Gasteiger partial charge is 0.383 e. The molecular weight excluding hydrogens is 544 g/mol. The van der Waals surface area contributed by atoms with Gasteiger partial charge < -0.3 is 10.2 Å². The zero-order valence-corrected chi connectivity index (χ0v) is 21.6. The maximum absolute atomic E-state index is 14.6. The summed E-state index contributed by atoms with van der Waals surface area (Å²) in [5.74, 6) is -2.53. The molecule has 0 fully saturated rings. The van der Waals surface area contributed by atoms with Gasteiger partial charge in [0.15, 0.2) is 0 Å². The van der Waals surface area contributed by atoms with Gasteiger partial charge >= 0.3 is 0 Å². The van der Waals surface area contributed by atoms with Crippen LogP contribution in [0.5, 0.6) is 0 Å². The fourth-order valence-electron chi connectivity index (χ4n) is 4.04. The molecule has 2 N–H and O–H groups in total. The van der Waals surface area contributed by atoms with Crippen LogP contribution in [0.2, 0.25) is 0 Å². The Bertz CT molecular complexity index is 1230. The molecule has 38 heavy (non-hydrogen) atoms. The molecule has 202 valence electrons. The van der Waals surface area contributed by atoms with E-state index in [1.165, 1.54) is 68.4 Å². The van der Waals surface area contributed by atoms with E-state index in [1.807, 2.05) is 0 Å². The van der Waals surface area contributed by atoms with E-state index in [4.69, 9.17) is 0 Å². The van der Waals surface area contributed by atoms with Crippen molar-refractivity contribution >= 4 is 21.6 Å². The molecule has 2 aromatic carbocycles. The third-order valence-corrected chi connectivity index (χ3v) is 8.33. The molecule has 0 amide bonds. The monoisotopic (exact) mass is 568 g/mol. The second-order valence-electron chi connectivity index (χ2n) is 8.64. The van der Waals surface area contributed by atoms with E-state index in [-0.39, 0.29) is 37.1 Å². The van der Waals surface area contributed by atoms with Crippen molar-refractivity contribution in [3.63, 3.8) is 0 Å². The maximum Gasteiger partial charge on any atom is 0.137 e. The lowest BCUT2D eigenvalue weighted by atomic mass is 9.90. The number of aliphatic hydroxyl groups is 2. The fourth-order valence-corrected chi connectivity index (χ4v) is 6.32. The second-order valence-corrected chi connectivity index (χ2v) is 11.3. The van der Waals surface area contributed by atoms with Gasteiger partial charge in [0.05, 0.1) is 13.1 Å². The van der Waals surface area contributed by atoms with Crippen molar-refractivity contribution in [2.45, 2.75) is 37.1 Å². The van der Waals surface area contributed by atoms with Crippen molar-refractivity contribution in [3.05, 3.63) is 96.1 Å². The summed E-state index contributed by atoms with van der Waals surface area (Å²) >= 11 is 0. The van der Waals surface area contributed by atoms with E-state index in [9.17, 15) is 27.8 Å². The Kier molecular flexibility index (Phi) is 9.07. The molecule has 2 atom stereocenters. The Hall–Kier alpha value is -2.94. The lowest BCUT2D eigenvalue weighted by molar-refractivity contribution is 0.00818. The minimum Gasteiger partial charge on any atom is -0.383 e. The Morgan fingerprint density at radius 3 is 1.45 bits per heavy atom. The van der Waals surface area contributed by atoms with Gasteiger partial charge in [-0.05, 0) is 25.0 Å². The van der Waals surface area contributed by atoms with Gasteiger partial charge in [-0.1, -0.05) is 33.7 Å². The predicted molar refractivity (Wildman–Crippen MR) is 135 cm³/mol. The Morgan fingerprint density at radius 1 is 0.684 bits per heavy atom. The van der Waals surface area contributed by atoms with Crippen LogP contribution in [0.4, 0.5) is 17.6 Å². The van der Waals surface area contributed by atoms with Crippen LogP contribution in [-0.4, -0.2) is 51.2 Å². The van der Waals surface area contributed by atoms with Gasteiger partial charge in [0.1, 0.15) is 59.8 Å². The normalized spacial score (nSPS) is 14.8. The highest BCUT2D eigenvalue weighted by molar-refractivity contribution is 8.76. The summed E-state index contributed by atoms with van der Waals surface area (Å²) in [5, 5.41) is 30.7. The van der Waals surface area contributed by atoms with E-state index in [0.717, 1.165) is 12.1 Å². The first-order chi connectivity index (χ1) is 18.2. The molecule has 0 saturated carbocycles. The molecule has 0 aliphatic heterocycles. The molecule has 4 aromatic rings. The van der Waals surface area contributed by atoms with E-state index in [1.54, 1.807) is 0 Å². The zero-order chi connectivity index (χ0) is 27.2. The molecule has 8 nitrogen and oxygen atoms in total. The quantitative estimate of drug-likeness (QED) is 0.142. The SMILES string of the molecule is OC(CCSSCCC(O)(Cn1cncn1)c1ccc(F)cc1F)(Cn1cncn1)c1ccc(F)cc1F. The third-order valence-electron chi connectivity index (χ3n) is 5.93. The highest BCUT2D eigenvalue weighted by Crippen LogP contribution is 2.36. The molecule has 2 unspecified atom stereocenters. The molecule has 0 aliphatic carbocycles. The summed E-state index contributed by atoms with van der Waals surface area (Å²) in [5.41, 5.74) is -3.50. The molecule has 0 bridgehead atoms. The fraction of sp³-hybridized carbons (Fsp3) is 0.333. The highest BCUT2D eigenvalue weighted by atomic mass is 33.1. The Balaban J connectivity index is 1.39. The average Bonchev–Trinajstić information content (AvgIpc) is 3.55. The van der Waals surface area contributed by atoms with Gasteiger partial charge in [-0.2, -0.15) is 10.2 Å². The number of nitrogens with zero attached hydrogens (tertiary/aromatic N) is 6. The van der Waals surface area contributed by atoms with Crippen LogP contribution in [0.3, 0.4) is 0 Å². The first-order valence-corrected chi connectivity index (χ1v) is 13.9. The molecule has 4 rings (SSSR count). The summed E-state index contributed by atoms with van der Waals surface area (Å²) in [4.78, 5) is 7.68. The third kappa shape index (κ3) is 6.92. The summed E-state index contributed by atoms with van der Waals surface area (Å²) in [6, 6.07) is 6.01. The van der Waals surface area contributed by atoms with Crippen LogP contribution in [0.25, 0.3) is 0 Å². The molecular formula is C24H24F4N6O2S2. The topological polar surface area (TPSA) is 102 Å². The van der Waals surface area contributed by atoms with E-state index in [2.05, 4.69) is 20.2 Å². The van der Waals surface area contributed by atoms with Crippen molar-refractivity contribution in [2.24, 2.45) is 0 Å². The Labute approximate surface area is 223 Å². The van der Waals surface area contributed by atoms with E-state index >= 15 is 0 Å². The second kappa shape index (κ2) is 12.3. The van der Waals surface area contributed by atoms with Crippen molar-refractivity contribution in [2.75, 3.05) is 11.5 Å². The number of hydrogen-bond acceptors (Lipinski definition) is 8. The number of halogens is 4. The molecule has 0 saturated heterocycles. The van der Waals surface area contributed by atoms with E-state index in [0.29, 0.717) is 23.6 Å². The molecule has 2 heterocycles. The first-order valence-electron chi connectivity index (χ1n) is 11.4. The summed E-state index contributed by atoms with van der Waals surface area (Å²) in [6.45, 7) is -0.190. The van der Waals surface area contributed by atoms with Gasteiger partial charge in [-0.3, -0.25) is 0 Å². The molecule has 14 heteroatoms. The van der Waals surface area contributed by atoms with Gasteiger partial charge in [0.25, 0.3) is 0 Å². The standard InChI is InChI=1S/C24H24F4N6O2S2/c25-17-1-3-19(21(27)9-17)23(35,11-33-15-29-13-31-33)5-7-37-38-8-6-24(36,12-34-16-30-14-32-34)20-4-2-18(26)10-22(20)28/h1-4,9-10,13-16,35-36H,5-8,11-12H2. The maximum atomic E-state index is 14.6. The Morgan fingerprint density at radius 2 is 1.11 bits per heavy atom. The molecule has 2 aromatic heterocycles. The van der Waals surface area contributed by atoms with E-state index < -0.39 is 34.5 Å². The lowest BCUT2D eigenvalue weighted by Crippen LogP contribution is -2.34. The van der Waals surface area contributed by atoms with Crippen molar-refractivity contribution in [1.82, 2.24) is 29.5 Å². The highest BCUT2D eigenvalue weighted by Gasteiger charge is 2.35. The molecule has 0 spiro atoms. The predicted octanol–water partition coefficient (Wildman–Crippen LogP) is 4.06. The lowest BCUT2D eigenvalue weighted by Gasteiger charge is -2.29. The van der Waals surface area contributed by atoms with Gasteiger partial charge in [0, 0.05) is 34.8 Å². The summed E-state index contributed by atoms with van der Waals surface area (Å²) in [7, 11) is 2.72. The van der Waals surface area contributed by atoms with Crippen LogP contribution >= 0.6 is 21.6 Å². The van der Waals surface area contributed by atoms with Crippen molar-refractivity contribution in [1.29, 1.82) is 0 Å². The smallest absolute Gasteiger partial charge is 0.137 e.